The van der Waals surface area contributed by atoms with E-state index in [1.54, 1.807) is 43.1 Å². The summed E-state index contributed by atoms with van der Waals surface area (Å²) in [6.45, 7) is 9.86. The molecule has 18 nitrogen and oxygen atoms in total. The molecule has 1 heterocycles. The SMILES string of the molecule is CC(C)=N.CC1=NCCN(c2ccc([N+](=O)[O-])cc2)N1.CCCN(N)c1ccc([N+](=O)[O-])cc1.NN(CCO)c1ccc([N+](=O)[O-])cc1. The summed E-state index contributed by atoms with van der Waals surface area (Å²) in [6, 6.07) is 18.4. The third-order valence-electron chi connectivity index (χ3n) is 5.93. The Morgan fingerprint density at radius 1 is 0.833 bits per heavy atom. The van der Waals surface area contributed by atoms with Crippen molar-refractivity contribution >= 4 is 45.7 Å². The lowest BCUT2D eigenvalue weighted by Gasteiger charge is -2.28. The molecule has 48 heavy (non-hydrogen) atoms. The molecule has 7 N–H and O–H groups in total. The van der Waals surface area contributed by atoms with Crippen molar-refractivity contribution in [1.82, 2.24) is 5.43 Å². The Bertz CT molecular complexity index is 1420. The maximum atomic E-state index is 10.5. The van der Waals surface area contributed by atoms with Crippen molar-refractivity contribution in [1.29, 1.82) is 5.41 Å². The predicted octanol–water partition coefficient (Wildman–Crippen LogP) is 4.34. The highest BCUT2D eigenvalue weighted by Crippen LogP contribution is 2.20. The van der Waals surface area contributed by atoms with Crippen molar-refractivity contribution in [2.24, 2.45) is 16.7 Å². The maximum absolute atomic E-state index is 10.5. The van der Waals surface area contributed by atoms with Crippen molar-refractivity contribution < 1.29 is 19.9 Å². The molecular weight excluding hydrogens is 626 g/mol. The molecule has 0 spiro atoms. The summed E-state index contributed by atoms with van der Waals surface area (Å²) in [5.74, 6) is 12.1. The van der Waals surface area contributed by atoms with Crippen LogP contribution < -0.4 is 32.1 Å². The van der Waals surface area contributed by atoms with Gasteiger partial charge in [-0.25, -0.2) is 11.7 Å². The lowest BCUT2D eigenvalue weighted by molar-refractivity contribution is -0.385. The fraction of sp³-hybridized carbons (Fsp3) is 0.333. The van der Waals surface area contributed by atoms with Crippen LogP contribution in [-0.4, -0.2) is 64.2 Å². The van der Waals surface area contributed by atoms with Crippen LogP contribution in [0.3, 0.4) is 0 Å². The van der Waals surface area contributed by atoms with Crippen LogP contribution >= 0.6 is 0 Å². The van der Waals surface area contributed by atoms with Gasteiger partial charge in [-0.2, -0.15) is 0 Å². The number of non-ortho nitro benzene ring substituents is 3. The molecule has 3 aromatic carbocycles. The number of benzene rings is 3. The van der Waals surface area contributed by atoms with Gasteiger partial charge in [-0.05, 0) is 63.6 Å². The summed E-state index contributed by atoms with van der Waals surface area (Å²) < 4.78 is 0. The normalized spacial score (nSPS) is 11.4. The number of nitrogens with one attached hydrogen (secondary N) is 2. The lowest BCUT2D eigenvalue weighted by atomic mass is 10.2. The molecule has 4 rings (SSSR count). The number of hydrogen-bond donors (Lipinski definition) is 5. The van der Waals surface area contributed by atoms with Crippen molar-refractivity contribution in [3.8, 4) is 0 Å². The lowest BCUT2D eigenvalue weighted by Crippen LogP contribution is -2.46. The molecule has 0 aromatic heterocycles. The Balaban J connectivity index is 0.000000342. The zero-order valence-electron chi connectivity index (χ0n) is 27.4. The fourth-order valence-corrected chi connectivity index (χ4v) is 3.69. The molecule has 0 unspecified atom stereocenters. The molecule has 0 fully saturated rings. The van der Waals surface area contributed by atoms with Crippen molar-refractivity contribution in [2.75, 3.05) is 47.8 Å². The van der Waals surface area contributed by atoms with Gasteiger partial charge >= 0.3 is 0 Å². The van der Waals surface area contributed by atoms with Gasteiger partial charge in [0.15, 0.2) is 0 Å². The van der Waals surface area contributed by atoms with E-state index in [-0.39, 0.29) is 30.2 Å². The molecule has 0 saturated carbocycles. The predicted molar refractivity (Wildman–Crippen MR) is 187 cm³/mol. The third kappa shape index (κ3) is 15.0. The molecule has 0 amide bonds. The highest BCUT2D eigenvalue weighted by atomic mass is 16.6. The van der Waals surface area contributed by atoms with E-state index in [4.69, 9.17) is 22.2 Å². The van der Waals surface area contributed by atoms with E-state index in [0.717, 1.165) is 43.3 Å². The van der Waals surface area contributed by atoms with Gasteiger partial charge in [-0.15, -0.1) is 0 Å². The summed E-state index contributed by atoms with van der Waals surface area (Å²) in [5.41, 5.74) is 6.29. The standard InChI is InChI=1S/C10H12N4O2.C9H13N3O2.C8H11N3O3.C3H7N/c1-8-11-6-7-13(12-8)9-2-4-10(5-3-9)14(15)16;1-2-7-11(10)8-3-5-9(6-4-8)12(13)14;9-10(5-6-12)7-1-3-8(4-2-7)11(13)14;1-3(2)4/h2-5H,6-7H2,1H3,(H,11,12);3-6H,2,7,10H2,1H3;1-4,12H,5-6,9H2;4H,1-2H3. The minimum Gasteiger partial charge on any atom is -0.394 e. The molecule has 0 saturated heterocycles. The van der Waals surface area contributed by atoms with E-state index in [0.29, 0.717) is 11.4 Å². The Morgan fingerprint density at radius 2 is 1.21 bits per heavy atom. The summed E-state index contributed by atoms with van der Waals surface area (Å²) in [5, 5.41) is 51.1. The number of hydrazine groups is 3. The second kappa shape index (κ2) is 21.1. The Kier molecular flexibility index (Phi) is 17.8. The van der Waals surface area contributed by atoms with Gasteiger partial charge in [0.1, 0.15) is 5.84 Å². The van der Waals surface area contributed by atoms with Crippen LogP contribution in [0, 0.1) is 35.8 Å². The van der Waals surface area contributed by atoms with Gasteiger partial charge in [0, 0.05) is 48.7 Å². The molecule has 0 atom stereocenters. The van der Waals surface area contributed by atoms with Crippen molar-refractivity contribution in [3.63, 3.8) is 0 Å². The summed E-state index contributed by atoms with van der Waals surface area (Å²) in [4.78, 5) is 34.1. The van der Waals surface area contributed by atoms with E-state index in [1.807, 2.05) is 18.9 Å². The average Bonchev–Trinajstić information content (AvgIpc) is 3.05. The zero-order valence-corrected chi connectivity index (χ0v) is 27.4. The van der Waals surface area contributed by atoms with Crippen LogP contribution in [0.5, 0.6) is 0 Å². The minimum atomic E-state index is -0.476. The fourth-order valence-electron chi connectivity index (χ4n) is 3.69. The number of nitrogens with two attached hydrogens (primary N) is 2. The van der Waals surface area contributed by atoms with Crippen LogP contribution in [-0.2, 0) is 0 Å². The van der Waals surface area contributed by atoms with Crippen LogP contribution in [0.15, 0.2) is 77.8 Å². The van der Waals surface area contributed by atoms with E-state index in [2.05, 4.69) is 10.4 Å². The number of nitrogens with zero attached hydrogens (tertiary/aromatic N) is 7. The zero-order chi connectivity index (χ0) is 36.2. The minimum absolute atomic E-state index is 0.0196. The molecule has 0 aliphatic carbocycles. The highest BCUT2D eigenvalue weighted by Gasteiger charge is 2.12. The van der Waals surface area contributed by atoms with Crippen LogP contribution in [0.1, 0.15) is 34.1 Å². The summed E-state index contributed by atoms with van der Waals surface area (Å²) >= 11 is 0. The first kappa shape index (κ1) is 40.3. The molecule has 0 bridgehead atoms. The molecule has 260 valence electrons. The monoisotopic (exact) mass is 669 g/mol. The van der Waals surface area contributed by atoms with E-state index in [9.17, 15) is 30.3 Å². The van der Waals surface area contributed by atoms with Crippen LogP contribution in [0.2, 0.25) is 0 Å². The largest absolute Gasteiger partial charge is 0.394 e. The van der Waals surface area contributed by atoms with Gasteiger partial charge in [-0.3, -0.25) is 45.8 Å². The van der Waals surface area contributed by atoms with Gasteiger partial charge in [0.05, 0.1) is 58.1 Å². The number of anilines is 3. The van der Waals surface area contributed by atoms with Gasteiger partial charge < -0.3 is 20.5 Å². The average molecular weight is 670 g/mol. The summed E-state index contributed by atoms with van der Waals surface area (Å²) in [6.07, 6.45) is 0.938. The summed E-state index contributed by atoms with van der Waals surface area (Å²) in [7, 11) is 0. The number of rotatable bonds is 10. The van der Waals surface area contributed by atoms with Crippen molar-refractivity contribution in [2.45, 2.75) is 34.1 Å². The van der Waals surface area contributed by atoms with Gasteiger partial charge in [-0.1, -0.05) is 6.92 Å². The Labute approximate surface area is 278 Å². The van der Waals surface area contributed by atoms with E-state index < -0.39 is 14.8 Å². The van der Waals surface area contributed by atoms with Crippen molar-refractivity contribution in [3.05, 3.63) is 103 Å². The second-order valence-corrected chi connectivity index (χ2v) is 10.2. The smallest absolute Gasteiger partial charge is 0.269 e. The number of nitro benzene ring substituents is 3. The quantitative estimate of drug-likeness (QED) is 0.0872. The number of aliphatic imine (C=N–C) groups is 1. The first-order valence-corrected chi connectivity index (χ1v) is 14.7. The molecule has 1 aliphatic rings. The first-order chi connectivity index (χ1) is 22.7. The number of nitro groups is 3. The Hall–Kier alpha value is -5.72. The Morgan fingerprint density at radius 3 is 1.54 bits per heavy atom. The third-order valence-corrected chi connectivity index (χ3v) is 5.93. The molecular formula is C30H43N11O7. The van der Waals surface area contributed by atoms with Gasteiger partial charge in [0.25, 0.3) is 17.1 Å². The highest BCUT2D eigenvalue weighted by molar-refractivity contribution is 5.82. The first-order valence-electron chi connectivity index (χ1n) is 14.7. The van der Waals surface area contributed by atoms with E-state index >= 15 is 0 Å². The van der Waals surface area contributed by atoms with Crippen LogP contribution in [0.25, 0.3) is 0 Å². The topological polar surface area (TPSA) is 260 Å². The molecule has 1 aliphatic heterocycles. The number of hydrogen-bond acceptors (Lipinski definition) is 15. The number of amidine groups is 1. The number of aliphatic hydroxyl groups is 1. The van der Waals surface area contributed by atoms with E-state index in [1.165, 1.54) is 53.5 Å². The molecule has 0 radical (unpaired) electrons. The second-order valence-electron chi connectivity index (χ2n) is 10.2. The molecule has 18 heteroatoms. The van der Waals surface area contributed by atoms with Crippen LogP contribution in [0.4, 0.5) is 34.1 Å². The maximum Gasteiger partial charge on any atom is 0.269 e. The number of aliphatic hydroxyl groups excluding tert-OH is 1. The molecule has 3 aromatic rings. The van der Waals surface area contributed by atoms with Gasteiger partial charge in [0.2, 0.25) is 0 Å².